The Hall–Kier alpha value is -0.840. The summed E-state index contributed by atoms with van der Waals surface area (Å²) in [5.41, 5.74) is 6.70. The van der Waals surface area contributed by atoms with Crippen molar-refractivity contribution in [1.82, 2.24) is 4.98 Å². The molecule has 0 aliphatic carbocycles. The number of aromatic nitrogens is 1. The molecule has 0 fully saturated rings. The molecule has 15 heavy (non-hydrogen) atoms. The van der Waals surface area contributed by atoms with Crippen LogP contribution < -0.4 is 5.73 Å². The number of hydrogen-bond donors (Lipinski definition) is 1. The summed E-state index contributed by atoms with van der Waals surface area (Å²) >= 11 is 9.09. The second-order valence-electron chi connectivity index (χ2n) is 3.01. The molecule has 2 aromatic rings. The van der Waals surface area contributed by atoms with Crippen LogP contribution in [0.15, 0.2) is 39.5 Å². The van der Waals surface area contributed by atoms with Crippen molar-refractivity contribution in [2.45, 2.75) is 6.04 Å². The predicted molar refractivity (Wildman–Crippen MR) is 61.7 cm³/mol. The molecule has 2 aromatic heterocycles. The van der Waals surface area contributed by atoms with Crippen molar-refractivity contribution in [1.29, 1.82) is 0 Å². The molecule has 2 rings (SSSR count). The maximum absolute atomic E-state index is 5.98. The van der Waals surface area contributed by atoms with E-state index in [-0.39, 0.29) is 6.04 Å². The van der Waals surface area contributed by atoms with Gasteiger partial charge in [-0.05, 0) is 34.1 Å². The Bertz CT molecular complexity index is 455. The van der Waals surface area contributed by atoms with Crippen LogP contribution in [0.25, 0.3) is 0 Å². The third kappa shape index (κ3) is 2.22. The smallest absolute Gasteiger partial charge is 0.140 e. The number of hydrogen-bond acceptors (Lipinski definition) is 3. The van der Waals surface area contributed by atoms with Gasteiger partial charge in [0, 0.05) is 6.20 Å². The summed E-state index contributed by atoms with van der Waals surface area (Å²) in [6.45, 7) is 0. The molecule has 2 heterocycles. The largest absolute Gasteiger partial charge is 0.466 e. The zero-order valence-corrected chi connectivity index (χ0v) is 9.99. The third-order valence-corrected chi connectivity index (χ3v) is 2.87. The lowest BCUT2D eigenvalue weighted by molar-refractivity contribution is 0.484. The van der Waals surface area contributed by atoms with Gasteiger partial charge >= 0.3 is 0 Å². The Morgan fingerprint density at radius 3 is 2.73 bits per heavy atom. The van der Waals surface area contributed by atoms with Crippen molar-refractivity contribution in [3.8, 4) is 0 Å². The molecule has 3 nitrogen and oxygen atoms in total. The minimum Gasteiger partial charge on any atom is -0.466 e. The molecule has 0 aromatic carbocycles. The standard InChI is InChI=1S/C10H8BrClN2O/c11-7-3-4-15-10(7)9(13)8-2-1-6(12)5-14-8/h1-5,9H,13H2. The lowest BCUT2D eigenvalue weighted by atomic mass is 10.1. The number of furan rings is 1. The molecule has 0 bridgehead atoms. The van der Waals surface area contributed by atoms with Gasteiger partial charge in [0.25, 0.3) is 0 Å². The summed E-state index contributed by atoms with van der Waals surface area (Å²) < 4.78 is 6.11. The van der Waals surface area contributed by atoms with Gasteiger partial charge in [0.1, 0.15) is 11.8 Å². The van der Waals surface area contributed by atoms with Gasteiger partial charge in [-0.25, -0.2) is 0 Å². The first-order valence-corrected chi connectivity index (χ1v) is 5.45. The number of rotatable bonds is 2. The fourth-order valence-electron chi connectivity index (χ4n) is 1.23. The second kappa shape index (κ2) is 4.35. The van der Waals surface area contributed by atoms with E-state index < -0.39 is 0 Å². The average Bonchev–Trinajstić information content (AvgIpc) is 2.65. The molecule has 0 aliphatic rings. The van der Waals surface area contributed by atoms with Crippen LogP contribution in [0.4, 0.5) is 0 Å². The number of pyridine rings is 1. The molecule has 1 atom stereocenters. The fourth-order valence-corrected chi connectivity index (χ4v) is 1.79. The van der Waals surface area contributed by atoms with Crippen LogP contribution in [0.5, 0.6) is 0 Å². The van der Waals surface area contributed by atoms with Crippen LogP contribution in [0.2, 0.25) is 5.02 Å². The average molecular weight is 288 g/mol. The summed E-state index contributed by atoms with van der Waals surface area (Å²) in [5, 5.41) is 0.587. The summed E-state index contributed by atoms with van der Waals surface area (Å²) in [5.74, 6) is 0.657. The Morgan fingerprint density at radius 2 is 2.20 bits per heavy atom. The van der Waals surface area contributed by atoms with Crippen molar-refractivity contribution in [3.63, 3.8) is 0 Å². The molecule has 78 valence electrons. The monoisotopic (exact) mass is 286 g/mol. The third-order valence-electron chi connectivity index (χ3n) is 2.00. The Balaban J connectivity index is 2.32. The van der Waals surface area contributed by atoms with Crippen LogP contribution in [-0.4, -0.2) is 4.98 Å². The van der Waals surface area contributed by atoms with Gasteiger partial charge in [-0.1, -0.05) is 11.6 Å². The second-order valence-corrected chi connectivity index (χ2v) is 4.30. The molecule has 0 saturated carbocycles. The van der Waals surface area contributed by atoms with Crippen molar-refractivity contribution < 1.29 is 4.42 Å². The Morgan fingerprint density at radius 1 is 1.40 bits per heavy atom. The van der Waals surface area contributed by atoms with E-state index in [4.69, 9.17) is 21.8 Å². The molecule has 2 N–H and O–H groups in total. The first-order valence-electron chi connectivity index (χ1n) is 4.28. The highest BCUT2D eigenvalue weighted by molar-refractivity contribution is 9.10. The topological polar surface area (TPSA) is 52.0 Å². The van der Waals surface area contributed by atoms with E-state index in [2.05, 4.69) is 20.9 Å². The maximum Gasteiger partial charge on any atom is 0.140 e. The summed E-state index contributed by atoms with van der Waals surface area (Å²) in [6, 6.07) is 4.94. The highest BCUT2D eigenvalue weighted by Gasteiger charge is 2.16. The fraction of sp³-hybridized carbons (Fsp3) is 0.100. The SMILES string of the molecule is NC(c1ccc(Cl)cn1)c1occc1Br. The highest BCUT2D eigenvalue weighted by Crippen LogP contribution is 2.26. The quantitative estimate of drug-likeness (QED) is 0.923. The lowest BCUT2D eigenvalue weighted by Gasteiger charge is -2.08. The summed E-state index contributed by atoms with van der Waals surface area (Å²) in [6.07, 6.45) is 3.14. The van der Waals surface area contributed by atoms with Gasteiger partial charge < -0.3 is 10.2 Å². The first-order chi connectivity index (χ1) is 7.18. The molecule has 0 amide bonds. The molecule has 1 unspecified atom stereocenters. The Labute approximate surface area is 100 Å². The van der Waals surface area contributed by atoms with Gasteiger partial charge in [-0.3, -0.25) is 4.98 Å². The predicted octanol–water partition coefficient (Wildman–Crippen LogP) is 3.14. The molecule has 5 heteroatoms. The normalized spacial score (nSPS) is 12.7. The molecule has 0 spiro atoms. The minimum atomic E-state index is -0.383. The van der Waals surface area contributed by atoms with E-state index in [0.29, 0.717) is 10.8 Å². The van der Waals surface area contributed by atoms with Crippen molar-refractivity contribution in [3.05, 3.63) is 51.6 Å². The van der Waals surface area contributed by atoms with Gasteiger partial charge in [-0.15, -0.1) is 0 Å². The number of nitrogens with zero attached hydrogens (tertiary/aromatic N) is 1. The zero-order chi connectivity index (χ0) is 10.8. The van der Waals surface area contributed by atoms with Crippen LogP contribution in [-0.2, 0) is 0 Å². The van der Waals surface area contributed by atoms with Gasteiger partial charge in [0.2, 0.25) is 0 Å². The van der Waals surface area contributed by atoms with Gasteiger partial charge in [0.15, 0.2) is 0 Å². The van der Waals surface area contributed by atoms with E-state index in [0.717, 1.165) is 10.2 Å². The zero-order valence-electron chi connectivity index (χ0n) is 7.65. The lowest BCUT2D eigenvalue weighted by Crippen LogP contribution is -2.12. The summed E-state index contributed by atoms with van der Waals surface area (Å²) in [7, 11) is 0. The van der Waals surface area contributed by atoms with Crippen LogP contribution in [0.3, 0.4) is 0 Å². The van der Waals surface area contributed by atoms with E-state index in [1.54, 1.807) is 30.7 Å². The molecular formula is C10H8BrClN2O. The van der Waals surface area contributed by atoms with Crippen LogP contribution >= 0.6 is 27.5 Å². The molecule has 0 aliphatic heterocycles. The molecular weight excluding hydrogens is 279 g/mol. The highest BCUT2D eigenvalue weighted by atomic mass is 79.9. The van der Waals surface area contributed by atoms with Crippen molar-refractivity contribution >= 4 is 27.5 Å². The van der Waals surface area contributed by atoms with E-state index >= 15 is 0 Å². The van der Waals surface area contributed by atoms with Gasteiger partial charge in [-0.2, -0.15) is 0 Å². The van der Waals surface area contributed by atoms with E-state index in [9.17, 15) is 0 Å². The van der Waals surface area contributed by atoms with Crippen molar-refractivity contribution in [2.24, 2.45) is 5.73 Å². The van der Waals surface area contributed by atoms with Crippen molar-refractivity contribution in [2.75, 3.05) is 0 Å². The minimum absolute atomic E-state index is 0.383. The van der Waals surface area contributed by atoms with Crippen LogP contribution in [0, 0.1) is 0 Å². The van der Waals surface area contributed by atoms with E-state index in [1.165, 1.54) is 0 Å². The van der Waals surface area contributed by atoms with Gasteiger partial charge in [0.05, 0.1) is 21.5 Å². The van der Waals surface area contributed by atoms with Crippen LogP contribution in [0.1, 0.15) is 17.5 Å². The number of halogens is 2. The summed E-state index contributed by atoms with van der Waals surface area (Å²) in [4.78, 5) is 4.14. The first kappa shape index (κ1) is 10.7. The Kier molecular flexibility index (Phi) is 3.09. The molecule has 0 saturated heterocycles. The van der Waals surface area contributed by atoms with E-state index in [1.807, 2.05) is 0 Å². The molecule has 0 radical (unpaired) electrons. The maximum atomic E-state index is 5.98. The number of nitrogens with two attached hydrogens (primary N) is 1.